The van der Waals surface area contributed by atoms with Gasteiger partial charge >= 0.3 is 0 Å². The first-order valence-electron chi connectivity index (χ1n) is 5.60. The van der Waals surface area contributed by atoms with Crippen molar-refractivity contribution >= 4 is 40.2 Å². The molecule has 2 aromatic rings. The third-order valence-electron chi connectivity index (χ3n) is 2.73. The van der Waals surface area contributed by atoms with Crippen molar-refractivity contribution < 1.29 is 4.39 Å². The maximum absolute atomic E-state index is 13.4. The summed E-state index contributed by atoms with van der Waals surface area (Å²) in [6.45, 7) is 1.93. The summed E-state index contributed by atoms with van der Waals surface area (Å²) in [5.41, 5.74) is 8.75. The van der Waals surface area contributed by atoms with Crippen LogP contribution < -0.4 is 11.1 Å². The first-order valence-corrected chi connectivity index (χ1v) is 6.39. The van der Waals surface area contributed by atoms with E-state index in [1.54, 1.807) is 6.07 Å². The molecule has 0 aliphatic rings. The SMILES string of the molecule is Cc1cccc(C(N)=S)c1Nc1ccc(Cl)c(F)c1. The molecular weight excluding hydrogens is 283 g/mol. The molecule has 2 nitrogen and oxygen atoms in total. The minimum Gasteiger partial charge on any atom is -0.389 e. The molecule has 0 aliphatic heterocycles. The van der Waals surface area contributed by atoms with Crippen LogP contribution in [-0.2, 0) is 0 Å². The fourth-order valence-corrected chi connectivity index (χ4v) is 2.04. The van der Waals surface area contributed by atoms with Crippen LogP contribution >= 0.6 is 23.8 Å². The Labute approximate surface area is 121 Å². The van der Waals surface area contributed by atoms with Gasteiger partial charge in [0.25, 0.3) is 0 Å². The first kappa shape index (κ1) is 13.8. The highest BCUT2D eigenvalue weighted by atomic mass is 35.5. The standard InChI is InChI=1S/C14H12ClFN2S/c1-8-3-2-4-10(14(17)19)13(8)18-9-5-6-11(15)12(16)7-9/h2-7,18H,1H3,(H2,17,19). The zero-order valence-corrected chi connectivity index (χ0v) is 11.8. The number of aryl methyl sites for hydroxylation is 1. The number of halogens is 2. The van der Waals surface area contributed by atoms with Gasteiger partial charge in [0.15, 0.2) is 0 Å². The highest BCUT2D eigenvalue weighted by molar-refractivity contribution is 7.80. The molecule has 0 unspecified atom stereocenters. The minimum atomic E-state index is -0.475. The highest BCUT2D eigenvalue weighted by Gasteiger charge is 2.09. The van der Waals surface area contributed by atoms with Crippen LogP contribution in [0.1, 0.15) is 11.1 Å². The molecule has 0 atom stereocenters. The summed E-state index contributed by atoms with van der Waals surface area (Å²) >= 11 is 10.7. The van der Waals surface area contributed by atoms with Crippen molar-refractivity contribution in [3.8, 4) is 0 Å². The zero-order chi connectivity index (χ0) is 14.0. The molecule has 19 heavy (non-hydrogen) atoms. The van der Waals surface area contributed by atoms with Gasteiger partial charge in [0.2, 0.25) is 0 Å². The number of benzene rings is 2. The quantitative estimate of drug-likeness (QED) is 0.835. The monoisotopic (exact) mass is 294 g/mol. The van der Waals surface area contributed by atoms with Crippen LogP contribution in [0.15, 0.2) is 36.4 Å². The molecule has 2 aromatic carbocycles. The van der Waals surface area contributed by atoms with Gasteiger partial charge < -0.3 is 11.1 Å². The van der Waals surface area contributed by atoms with Crippen molar-refractivity contribution in [2.24, 2.45) is 5.73 Å². The lowest BCUT2D eigenvalue weighted by Gasteiger charge is -2.14. The third kappa shape index (κ3) is 3.03. The topological polar surface area (TPSA) is 38.0 Å². The van der Waals surface area contributed by atoms with Crippen LogP contribution in [0.25, 0.3) is 0 Å². The second-order valence-electron chi connectivity index (χ2n) is 4.12. The lowest BCUT2D eigenvalue weighted by atomic mass is 10.1. The second kappa shape index (κ2) is 5.55. The average molecular weight is 295 g/mol. The molecule has 5 heteroatoms. The molecule has 0 aromatic heterocycles. The summed E-state index contributed by atoms with van der Waals surface area (Å²) in [6, 6.07) is 10.1. The Hall–Kier alpha value is -1.65. The van der Waals surface area contributed by atoms with Crippen molar-refractivity contribution in [1.82, 2.24) is 0 Å². The van der Waals surface area contributed by atoms with Crippen LogP contribution in [-0.4, -0.2) is 4.99 Å². The number of nitrogens with one attached hydrogen (secondary N) is 1. The van der Waals surface area contributed by atoms with Gasteiger partial charge in [0, 0.05) is 11.3 Å². The van der Waals surface area contributed by atoms with Gasteiger partial charge in [0.1, 0.15) is 10.8 Å². The Kier molecular flexibility index (Phi) is 4.02. The van der Waals surface area contributed by atoms with Crippen molar-refractivity contribution in [2.45, 2.75) is 6.92 Å². The molecule has 0 saturated carbocycles. The molecule has 0 aliphatic carbocycles. The van der Waals surface area contributed by atoms with Crippen molar-refractivity contribution in [3.05, 3.63) is 58.4 Å². The van der Waals surface area contributed by atoms with Crippen LogP contribution in [0.4, 0.5) is 15.8 Å². The van der Waals surface area contributed by atoms with Gasteiger partial charge in [0.05, 0.1) is 10.7 Å². The van der Waals surface area contributed by atoms with E-state index < -0.39 is 5.82 Å². The molecule has 0 fully saturated rings. The molecule has 0 amide bonds. The van der Waals surface area contributed by atoms with E-state index in [0.29, 0.717) is 10.7 Å². The van der Waals surface area contributed by atoms with E-state index in [4.69, 9.17) is 29.6 Å². The summed E-state index contributed by atoms with van der Waals surface area (Å²) in [7, 11) is 0. The van der Waals surface area contributed by atoms with Crippen LogP contribution in [0.2, 0.25) is 5.02 Å². The molecule has 2 rings (SSSR count). The fraction of sp³-hybridized carbons (Fsp3) is 0.0714. The lowest BCUT2D eigenvalue weighted by Crippen LogP contribution is -2.12. The van der Waals surface area contributed by atoms with Gasteiger partial charge in [-0.05, 0) is 36.8 Å². The van der Waals surface area contributed by atoms with E-state index in [9.17, 15) is 4.39 Å². The van der Waals surface area contributed by atoms with Gasteiger partial charge in [-0.3, -0.25) is 0 Å². The highest BCUT2D eigenvalue weighted by Crippen LogP contribution is 2.27. The molecule has 0 bridgehead atoms. The Balaban J connectivity index is 2.42. The molecule has 0 heterocycles. The Morgan fingerprint density at radius 1 is 1.32 bits per heavy atom. The summed E-state index contributed by atoms with van der Waals surface area (Å²) in [5, 5.41) is 3.21. The zero-order valence-electron chi connectivity index (χ0n) is 10.2. The maximum Gasteiger partial charge on any atom is 0.143 e. The summed E-state index contributed by atoms with van der Waals surface area (Å²) in [5.74, 6) is -0.475. The Morgan fingerprint density at radius 3 is 2.68 bits per heavy atom. The predicted molar refractivity (Wildman–Crippen MR) is 81.8 cm³/mol. The van der Waals surface area contributed by atoms with Crippen LogP contribution in [0.5, 0.6) is 0 Å². The average Bonchev–Trinajstić information content (AvgIpc) is 2.36. The smallest absolute Gasteiger partial charge is 0.143 e. The van der Waals surface area contributed by atoms with Gasteiger partial charge in [-0.2, -0.15) is 0 Å². The number of rotatable bonds is 3. The van der Waals surface area contributed by atoms with Crippen molar-refractivity contribution in [1.29, 1.82) is 0 Å². The number of thiocarbonyl (C=S) groups is 1. The molecular formula is C14H12ClFN2S. The normalized spacial score (nSPS) is 10.3. The third-order valence-corrected chi connectivity index (χ3v) is 3.25. The Morgan fingerprint density at radius 2 is 2.05 bits per heavy atom. The number of para-hydroxylation sites is 1. The first-order chi connectivity index (χ1) is 8.99. The predicted octanol–water partition coefficient (Wildman–Crippen LogP) is 4.17. The second-order valence-corrected chi connectivity index (χ2v) is 4.96. The number of hydrogen-bond donors (Lipinski definition) is 2. The van der Waals surface area contributed by atoms with E-state index in [1.807, 2.05) is 25.1 Å². The Bertz CT molecular complexity index is 643. The van der Waals surface area contributed by atoms with Crippen LogP contribution in [0.3, 0.4) is 0 Å². The molecule has 0 radical (unpaired) electrons. The summed E-state index contributed by atoms with van der Waals surface area (Å²) in [4.78, 5) is 0.292. The lowest BCUT2D eigenvalue weighted by molar-refractivity contribution is 0.629. The summed E-state index contributed by atoms with van der Waals surface area (Å²) in [6.07, 6.45) is 0. The number of anilines is 2. The van der Waals surface area contributed by atoms with E-state index in [2.05, 4.69) is 5.32 Å². The number of nitrogens with two attached hydrogens (primary N) is 1. The fourth-order valence-electron chi connectivity index (χ4n) is 1.76. The van der Waals surface area contributed by atoms with Gasteiger partial charge in [-0.25, -0.2) is 4.39 Å². The van der Waals surface area contributed by atoms with Gasteiger partial charge in [-0.1, -0.05) is 36.0 Å². The van der Waals surface area contributed by atoms with E-state index >= 15 is 0 Å². The van der Waals surface area contributed by atoms with E-state index in [1.165, 1.54) is 12.1 Å². The molecule has 0 saturated heterocycles. The minimum absolute atomic E-state index is 0.0879. The van der Waals surface area contributed by atoms with Crippen molar-refractivity contribution in [2.75, 3.05) is 5.32 Å². The van der Waals surface area contributed by atoms with Gasteiger partial charge in [-0.15, -0.1) is 0 Å². The molecule has 98 valence electrons. The number of hydrogen-bond acceptors (Lipinski definition) is 2. The molecule has 3 N–H and O–H groups in total. The summed E-state index contributed by atoms with van der Waals surface area (Å²) < 4.78 is 13.4. The van der Waals surface area contributed by atoms with Crippen LogP contribution in [0, 0.1) is 12.7 Å². The maximum atomic E-state index is 13.4. The molecule has 0 spiro atoms. The largest absolute Gasteiger partial charge is 0.389 e. The van der Waals surface area contributed by atoms with Crippen molar-refractivity contribution in [3.63, 3.8) is 0 Å². The van der Waals surface area contributed by atoms with E-state index in [0.717, 1.165) is 16.8 Å². The van der Waals surface area contributed by atoms with E-state index in [-0.39, 0.29) is 5.02 Å².